The van der Waals surface area contributed by atoms with Gasteiger partial charge in [0.05, 0.1) is 6.61 Å². The van der Waals surface area contributed by atoms with Gasteiger partial charge in [0.2, 0.25) is 0 Å². The summed E-state index contributed by atoms with van der Waals surface area (Å²) in [7, 11) is 0. The van der Waals surface area contributed by atoms with Gasteiger partial charge in [-0.15, -0.1) is 0 Å². The lowest BCUT2D eigenvalue weighted by Gasteiger charge is -2.20. The Morgan fingerprint density at radius 1 is 1.04 bits per heavy atom. The van der Waals surface area contributed by atoms with E-state index in [2.05, 4.69) is 26.1 Å². The zero-order valence-electron chi connectivity index (χ0n) is 16.8. The molecule has 0 aliphatic carbocycles. The van der Waals surface area contributed by atoms with Gasteiger partial charge in [-0.05, 0) is 54.8 Å². The Bertz CT molecular complexity index is 1040. The number of pyridine rings is 1. The zero-order chi connectivity index (χ0) is 20.3. The van der Waals surface area contributed by atoms with Gasteiger partial charge < -0.3 is 14.6 Å². The Morgan fingerprint density at radius 2 is 1.75 bits per heavy atom. The lowest BCUT2D eigenvalue weighted by atomic mass is 9.96. The minimum Gasteiger partial charge on any atom is -0.494 e. The molecule has 3 aromatic rings. The lowest BCUT2D eigenvalue weighted by molar-refractivity contribution is 0.102. The summed E-state index contributed by atoms with van der Waals surface area (Å²) in [6.45, 7) is 9.40. The van der Waals surface area contributed by atoms with E-state index in [0.717, 1.165) is 11.1 Å². The molecule has 0 atom stereocenters. The van der Waals surface area contributed by atoms with E-state index < -0.39 is 0 Å². The molecule has 146 valence electrons. The van der Waals surface area contributed by atoms with Crippen LogP contribution >= 0.6 is 0 Å². The summed E-state index contributed by atoms with van der Waals surface area (Å²) in [5, 5.41) is 4.25. The number of rotatable bonds is 5. The number of carbonyl (C=O) groups is 1. The fourth-order valence-electron chi connectivity index (χ4n) is 3.13. The summed E-state index contributed by atoms with van der Waals surface area (Å²) in [4.78, 5) is 25.5. The van der Waals surface area contributed by atoms with Crippen LogP contribution in [0, 0.1) is 5.41 Å². The predicted octanol–water partition coefficient (Wildman–Crippen LogP) is 4.70. The van der Waals surface area contributed by atoms with Crippen LogP contribution in [0.2, 0.25) is 0 Å². The Morgan fingerprint density at radius 3 is 2.39 bits per heavy atom. The van der Waals surface area contributed by atoms with Crippen molar-refractivity contribution < 1.29 is 9.53 Å². The van der Waals surface area contributed by atoms with E-state index >= 15 is 0 Å². The molecule has 0 fully saturated rings. The number of hydrogen-bond acceptors (Lipinski definition) is 3. The van der Waals surface area contributed by atoms with Gasteiger partial charge in [-0.3, -0.25) is 9.59 Å². The minimum atomic E-state index is -0.227. The van der Waals surface area contributed by atoms with E-state index in [-0.39, 0.29) is 16.9 Å². The molecular formula is C23H26N2O3. The second-order valence-electron chi connectivity index (χ2n) is 7.99. The summed E-state index contributed by atoms with van der Waals surface area (Å²) in [6, 6.07) is 14.3. The third-order valence-electron chi connectivity index (χ3n) is 4.34. The van der Waals surface area contributed by atoms with Crippen molar-refractivity contribution >= 4 is 22.4 Å². The number of nitrogens with one attached hydrogen (secondary N) is 1. The highest BCUT2D eigenvalue weighted by Gasteiger charge is 2.15. The maximum absolute atomic E-state index is 12.8. The van der Waals surface area contributed by atoms with Crippen LogP contribution in [0.15, 0.2) is 59.5 Å². The number of benzene rings is 2. The molecule has 28 heavy (non-hydrogen) atoms. The SMILES string of the molecule is CCOc1ccc(C(=O)Nc2cccc3c(=O)n(CC(C)(C)C)ccc23)cc1. The fraction of sp³-hybridized carbons (Fsp3) is 0.304. The van der Waals surface area contributed by atoms with Crippen molar-refractivity contribution in [2.45, 2.75) is 34.2 Å². The summed E-state index contributed by atoms with van der Waals surface area (Å²) in [5.74, 6) is 0.498. The van der Waals surface area contributed by atoms with Crippen molar-refractivity contribution in [3.8, 4) is 5.75 Å². The number of fused-ring (bicyclic) bond motifs is 1. The van der Waals surface area contributed by atoms with Gasteiger partial charge in [0.25, 0.3) is 11.5 Å². The van der Waals surface area contributed by atoms with Gasteiger partial charge in [-0.25, -0.2) is 0 Å². The van der Waals surface area contributed by atoms with Crippen LogP contribution in [0.3, 0.4) is 0 Å². The van der Waals surface area contributed by atoms with E-state index in [9.17, 15) is 9.59 Å². The van der Waals surface area contributed by atoms with E-state index in [0.29, 0.717) is 29.8 Å². The molecule has 3 rings (SSSR count). The Labute approximate surface area is 165 Å². The van der Waals surface area contributed by atoms with Crippen LogP contribution in [-0.4, -0.2) is 17.1 Å². The molecule has 5 heteroatoms. The number of aromatic nitrogens is 1. The molecule has 2 aromatic carbocycles. The topological polar surface area (TPSA) is 60.3 Å². The van der Waals surface area contributed by atoms with Crippen molar-refractivity contribution in [3.05, 3.63) is 70.6 Å². The highest BCUT2D eigenvalue weighted by Crippen LogP contribution is 2.23. The summed E-state index contributed by atoms with van der Waals surface area (Å²) >= 11 is 0. The second-order valence-corrected chi connectivity index (χ2v) is 7.99. The van der Waals surface area contributed by atoms with Gasteiger partial charge in [0.15, 0.2) is 0 Å². The number of ether oxygens (including phenoxy) is 1. The third kappa shape index (κ3) is 4.42. The number of nitrogens with zero attached hydrogens (tertiary/aromatic N) is 1. The summed E-state index contributed by atoms with van der Waals surface area (Å²) < 4.78 is 7.13. The number of anilines is 1. The standard InChI is InChI=1S/C23H26N2O3/c1-5-28-17-11-9-16(10-12-17)21(26)24-20-8-6-7-19-18(20)13-14-25(22(19)27)15-23(2,3)4/h6-14H,5,15H2,1-4H3,(H,24,26). The van der Waals surface area contributed by atoms with Crippen molar-refractivity contribution in [3.63, 3.8) is 0 Å². The average molecular weight is 378 g/mol. The molecule has 0 spiro atoms. The van der Waals surface area contributed by atoms with Crippen LogP contribution in [0.5, 0.6) is 5.75 Å². The molecule has 0 saturated heterocycles. The third-order valence-corrected chi connectivity index (χ3v) is 4.34. The van der Waals surface area contributed by atoms with Gasteiger partial charge in [0, 0.05) is 34.8 Å². The molecule has 1 amide bonds. The number of hydrogen-bond donors (Lipinski definition) is 1. The molecule has 0 unspecified atom stereocenters. The lowest BCUT2D eigenvalue weighted by Crippen LogP contribution is -2.26. The summed E-state index contributed by atoms with van der Waals surface area (Å²) in [6.07, 6.45) is 1.79. The monoisotopic (exact) mass is 378 g/mol. The van der Waals surface area contributed by atoms with Crippen molar-refractivity contribution in [2.24, 2.45) is 5.41 Å². The predicted molar refractivity (Wildman–Crippen MR) is 113 cm³/mol. The number of amides is 1. The van der Waals surface area contributed by atoms with Crippen LogP contribution < -0.4 is 15.6 Å². The van der Waals surface area contributed by atoms with Crippen LogP contribution in [0.25, 0.3) is 10.8 Å². The largest absolute Gasteiger partial charge is 0.494 e. The maximum Gasteiger partial charge on any atom is 0.258 e. The van der Waals surface area contributed by atoms with Crippen LogP contribution in [0.4, 0.5) is 5.69 Å². The van der Waals surface area contributed by atoms with Crippen LogP contribution in [0.1, 0.15) is 38.1 Å². The highest BCUT2D eigenvalue weighted by molar-refractivity contribution is 6.09. The highest BCUT2D eigenvalue weighted by atomic mass is 16.5. The van der Waals surface area contributed by atoms with Gasteiger partial charge >= 0.3 is 0 Å². The first-order valence-corrected chi connectivity index (χ1v) is 9.45. The molecule has 0 saturated carbocycles. The van der Waals surface area contributed by atoms with Crippen molar-refractivity contribution in [1.29, 1.82) is 0 Å². The molecule has 0 aliphatic rings. The van der Waals surface area contributed by atoms with Crippen LogP contribution in [-0.2, 0) is 6.54 Å². The molecule has 5 nitrogen and oxygen atoms in total. The van der Waals surface area contributed by atoms with E-state index in [1.807, 2.05) is 19.1 Å². The smallest absolute Gasteiger partial charge is 0.258 e. The molecule has 1 aromatic heterocycles. The molecular weight excluding hydrogens is 352 g/mol. The maximum atomic E-state index is 12.8. The first-order chi connectivity index (χ1) is 13.3. The Kier molecular flexibility index (Phi) is 5.54. The number of carbonyl (C=O) groups excluding carboxylic acids is 1. The summed E-state index contributed by atoms with van der Waals surface area (Å²) in [5.41, 5.74) is 1.10. The van der Waals surface area contributed by atoms with Gasteiger partial charge in [-0.1, -0.05) is 26.8 Å². The normalized spacial score (nSPS) is 11.4. The van der Waals surface area contributed by atoms with Crippen molar-refractivity contribution in [2.75, 3.05) is 11.9 Å². The average Bonchev–Trinajstić information content (AvgIpc) is 2.64. The molecule has 0 aliphatic heterocycles. The second kappa shape index (κ2) is 7.89. The molecule has 1 heterocycles. The molecule has 1 N–H and O–H groups in total. The van der Waals surface area contributed by atoms with E-state index in [1.54, 1.807) is 47.2 Å². The van der Waals surface area contributed by atoms with Gasteiger partial charge in [0.1, 0.15) is 5.75 Å². The van der Waals surface area contributed by atoms with Gasteiger partial charge in [-0.2, -0.15) is 0 Å². The van der Waals surface area contributed by atoms with Crippen molar-refractivity contribution in [1.82, 2.24) is 4.57 Å². The quantitative estimate of drug-likeness (QED) is 0.700. The minimum absolute atomic E-state index is 0.00299. The molecule has 0 radical (unpaired) electrons. The first-order valence-electron chi connectivity index (χ1n) is 9.45. The Balaban J connectivity index is 1.90. The zero-order valence-corrected chi connectivity index (χ0v) is 16.8. The van der Waals surface area contributed by atoms with E-state index in [4.69, 9.17) is 4.74 Å². The van der Waals surface area contributed by atoms with E-state index in [1.165, 1.54) is 0 Å². The first kappa shape index (κ1) is 19.7. The fourth-order valence-corrected chi connectivity index (χ4v) is 3.13. The molecule has 0 bridgehead atoms. The Hall–Kier alpha value is -3.08.